The van der Waals surface area contributed by atoms with Crippen molar-refractivity contribution in [3.05, 3.63) is 52.2 Å². The van der Waals surface area contributed by atoms with Gasteiger partial charge in [-0.2, -0.15) is 0 Å². The molecule has 1 unspecified atom stereocenters. The zero-order valence-electron chi connectivity index (χ0n) is 15.9. The van der Waals surface area contributed by atoms with Gasteiger partial charge in [0.15, 0.2) is 5.96 Å². The molecule has 3 rings (SSSR count). The normalized spacial score (nSPS) is 15.9. The van der Waals surface area contributed by atoms with Crippen molar-refractivity contribution in [2.75, 3.05) is 11.9 Å². The van der Waals surface area contributed by atoms with Crippen LogP contribution in [0.4, 0.5) is 5.69 Å². The molecule has 1 atom stereocenters. The number of hydrogen-bond acceptors (Lipinski definition) is 5. The number of aryl methyl sites for hydroxylation is 1. The predicted molar refractivity (Wildman–Crippen MR) is 111 cm³/mol. The average molecular weight is 381 g/mol. The molecule has 0 saturated heterocycles. The summed E-state index contributed by atoms with van der Waals surface area (Å²) in [6.45, 7) is 0.595. The zero-order chi connectivity index (χ0) is 20.1. The highest BCUT2D eigenvalue weighted by Gasteiger charge is 2.15. The van der Waals surface area contributed by atoms with Crippen LogP contribution in [0.15, 0.2) is 50.2 Å². The number of aliphatic imine (C=N–C) groups is 3. The van der Waals surface area contributed by atoms with Crippen LogP contribution in [0.5, 0.6) is 0 Å². The topological polar surface area (TPSA) is 119 Å². The molecule has 1 aliphatic heterocycles. The van der Waals surface area contributed by atoms with Gasteiger partial charge < -0.3 is 15.6 Å². The molecule has 2 aromatic rings. The highest BCUT2D eigenvalue weighted by molar-refractivity contribution is 6.08. The zero-order valence-corrected chi connectivity index (χ0v) is 15.9. The number of nitrogens with zero attached hydrogens (tertiary/aromatic N) is 5. The number of guanidine groups is 1. The smallest absolute Gasteiger partial charge is 0.328 e. The lowest BCUT2D eigenvalue weighted by molar-refractivity contribution is 0.103. The summed E-state index contributed by atoms with van der Waals surface area (Å²) in [6, 6.07) is 7.03. The Morgan fingerprint density at radius 3 is 2.64 bits per heavy atom. The third-order valence-corrected chi connectivity index (χ3v) is 4.44. The quantitative estimate of drug-likeness (QED) is 0.321. The van der Waals surface area contributed by atoms with Crippen LogP contribution in [0.1, 0.15) is 28.9 Å². The summed E-state index contributed by atoms with van der Waals surface area (Å²) in [5.41, 5.74) is 7.22. The van der Waals surface area contributed by atoms with Crippen molar-refractivity contribution >= 4 is 30.0 Å². The SMILES string of the molecule is Cn1cc(C(=O)c2ccc(NC(N)=NCCCC3C=NC=N3)cc2)n(C)c1=O. The molecule has 9 nitrogen and oxygen atoms in total. The van der Waals surface area contributed by atoms with E-state index in [2.05, 4.69) is 20.3 Å². The van der Waals surface area contributed by atoms with Gasteiger partial charge in [0.2, 0.25) is 5.78 Å². The van der Waals surface area contributed by atoms with Crippen LogP contribution in [0.25, 0.3) is 0 Å². The Labute approximate surface area is 162 Å². The number of aromatic nitrogens is 2. The molecule has 1 aromatic carbocycles. The molecule has 0 saturated carbocycles. The Bertz CT molecular complexity index is 984. The summed E-state index contributed by atoms with van der Waals surface area (Å²) in [6.07, 6.45) is 6.66. The molecule has 28 heavy (non-hydrogen) atoms. The molecule has 3 N–H and O–H groups in total. The second kappa shape index (κ2) is 8.47. The summed E-state index contributed by atoms with van der Waals surface area (Å²) >= 11 is 0. The molecule has 0 fully saturated rings. The lowest BCUT2D eigenvalue weighted by Crippen LogP contribution is -2.23. The van der Waals surface area contributed by atoms with E-state index < -0.39 is 0 Å². The van der Waals surface area contributed by atoms with Gasteiger partial charge in [-0.1, -0.05) is 0 Å². The van der Waals surface area contributed by atoms with Gasteiger partial charge in [0.25, 0.3) is 0 Å². The standard InChI is InChI=1S/C19H23N7O2/c1-25-11-16(26(2)19(25)28)17(27)13-5-7-14(8-6-13)24-18(20)22-9-3-4-15-10-21-12-23-15/h5-8,10-12,15H,3-4,9H2,1-2H3,(H3,20,22,24). The molecule has 0 aliphatic carbocycles. The third kappa shape index (κ3) is 4.43. The first-order valence-electron chi connectivity index (χ1n) is 8.94. The van der Waals surface area contributed by atoms with E-state index in [1.807, 2.05) is 6.21 Å². The van der Waals surface area contributed by atoms with Gasteiger partial charge in [0, 0.05) is 44.3 Å². The lowest BCUT2D eigenvalue weighted by Gasteiger charge is -2.07. The second-order valence-electron chi connectivity index (χ2n) is 6.54. The fourth-order valence-electron chi connectivity index (χ4n) is 2.87. The Morgan fingerprint density at radius 2 is 2.04 bits per heavy atom. The minimum absolute atomic E-state index is 0.151. The Morgan fingerprint density at radius 1 is 1.29 bits per heavy atom. The first kappa shape index (κ1) is 19.3. The van der Waals surface area contributed by atoms with Crippen LogP contribution < -0.4 is 16.7 Å². The number of ketones is 1. The molecule has 0 bridgehead atoms. The maximum atomic E-state index is 12.6. The van der Waals surface area contributed by atoms with Gasteiger partial charge in [0.1, 0.15) is 12.0 Å². The average Bonchev–Trinajstić information content (AvgIpc) is 3.29. The number of carbonyl (C=O) groups excluding carboxylic acids is 1. The first-order valence-corrected chi connectivity index (χ1v) is 8.94. The lowest BCUT2D eigenvalue weighted by atomic mass is 10.1. The fraction of sp³-hybridized carbons (Fsp3) is 0.316. The number of benzene rings is 1. The van der Waals surface area contributed by atoms with Crippen LogP contribution in [0.2, 0.25) is 0 Å². The van der Waals surface area contributed by atoms with Crippen LogP contribution in [-0.4, -0.2) is 46.0 Å². The van der Waals surface area contributed by atoms with Crippen molar-refractivity contribution in [2.45, 2.75) is 18.9 Å². The van der Waals surface area contributed by atoms with E-state index >= 15 is 0 Å². The van der Waals surface area contributed by atoms with E-state index in [0.29, 0.717) is 23.8 Å². The Balaban J connectivity index is 1.56. The molecule has 1 aliphatic rings. The van der Waals surface area contributed by atoms with Crippen LogP contribution in [0, 0.1) is 0 Å². The number of carbonyl (C=O) groups is 1. The molecule has 2 heterocycles. The monoisotopic (exact) mass is 381 g/mol. The number of rotatable bonds is 7. The highest BCUT2D eigenvalue weighted by atomic mass is 16.2. The van der Waals surface area contributed by atoms with Crippen molar-refractivity contribution in [3.8, 4) is 0 Å². The molecule has 0 radical (unpaired) electrons. The van der Waals surface area contributed by atoms with Gasteiger partial charge >= 0.3 is 5.69 Å². The molecular formula is C19H23N7O2. The highest BCUT2D eigenvalue weighted by Crippen LogP contribution is 2.13. The Kier molecular flexibility index (Phi) is 5.83. The van der Waals surface area contributed by atoms with Crippen LogP contribution in [0.3, 0.4) is 0 Å². The molecule has 9 heteroatoms. The molecular weight excluding hydrogens is 358 g/mol. The number of anilines is 1. The number of imidazole rings is 1. The predicted octanol–water partition coefficient (Wildman–Crippen LogP) is 0.943. The van der Waals surface area contributed by atoms with E-state index in [4.69, 9.17) is 5.73 Å². The number of nitrogens with one attached hydrogen (secondary N) is 1. The van der Waals surface area contributed by atoms with E-state index in [1.54, 1.807) is 44.7 Å². The second-order valence-corrected chi connectivity index (χ2v) is 6.54. The summed E-state index contributed by atoms with van der Waals surface area (Å²) in [5, 5.41) is 3.00. The molecule has 0 spiro atoms. The van der Waals surface area contributed by atoms with Crippen molar-refractivity contribution < 1.29 is 4.79 Å². The first-order chi connectivity index (χ1) is 13.5. The van der Waals surface area contributed by atoms with Crippen molar-refractivity contribution in [1.29, 1.82) is 0 Å². The Hall–Kier alpha value is -3.49. The minimum atomic E-state index is -0.238. The van der Waals surface area contributed by atoms with Crippen molar-refractivity contribution in [3.63, 3.8) is 0 Å². The molecule has 0 amide bonds. The summed E-state index contributed by atoms with van der Waals surface area (Å²) in [5.74, 6) is 0.0969. The fourth-order valence-corrected chi connectivity index (χ4v) is 2.87. The summed E-state index contributed by atoms with van der Waals surface area (Å²) in [7, 11) is 3.19. The number of hydrogen-bond donors (Lipinski definition) is 2. The molecule has 1 aromatic heterocycles. The number of nitrogens with two attached hydrogens (primary N) is 1. The summed E-state index contributed by atoms with van der Waals surface area (Å²) in [4.78, 5) is 36.8. The van der Waals surface area contributed by atoms with Gasteiger partial charge in [-0.3, -0.25) is 19.3 Å². The van der Waals surface area contributed by atoms with Gasteiger partial charge in [-0.05, 0) is 37.1 Å². The maximum Gasteiger partial charge on any atom is 0.328 e. The van der Waals surface area contributed by atoms with Gasteiger partial charge in [-0.25, -0.2) is 9.79 Å². The van der Waals surface area contributed by atoms with Gasteiger partial charge in [0.05, 0.1) is 6.04 Å². The molecule has 146 valence electrons. The van der Waals surface area contributed by atoms with Crippen molar-refractivity contribution in [2.24, 2.45) is 34.8 Å². The van der Waals surface area contributed by atoms with Crippen LogP contribution in [-0.2, 0) is 14.1 Å². The summed E-state index contributed by atoms with van der Waals surface area (Å²) < 4.78 is 2.72. The maximum absolute atomic E-state index is 12.6. The minimum Gasteiger partial charge on any atom is -0.370 e. The van der Waals surface area contributed by atoms with E-state index in [-0.39, 0.29) is 17.5 Å². The van der Waals surface area contributed by atoms with E-state index in [0.717, 1.165) is 18.5 Å². The van der Waals surface area contributed by atoms with Crippen molar-refractivity contribution in [1.82, 2.24) is 9.13 Å². The largest absolute Gasteiger partial charge is 0.370 e. The van der Waals surface area contributed by atoms with E-state index in [1.165, 1.54) is 15.3 Å². The van der Waals surface area contributed by atoms with Crippen LogP contribution >= 0.6 is 0 Å². The third-order valence-electron chi connectivity index (χ3n) is 4.44. The van der Waals surface area contributed by atoms with E-state index in [9.17, 15) is 9.59 Å². The van der Waals surface area contributed by atoms with Gasteiger partial charge in [-0.15, -0.1) is 0 Å².